The zero-order valence-electron chi connectivity index (χ0n) is 5.84. The molecule has 1 fully saturated rings. The molecule has 1 aliphatic rings. The third-order valence-corrected chi connectivity index (χ3v) is 1.92. The summed E-state index contributed by atoms with van der Waals surface area (Å²) in [6, 6.07) is 0.536. The van der Waals surface area contributed by atoms with Crippen molar-refractivity contribution in [3.8, 4) is 0 Å². The molecular formula is C7H15N2. The van der Waals surface area contributed by atoms with E-state index in [2.05, 4.69) is 11.8 Å². The van der Waals surface area contributed by atoms with Gasteiger partial charge in [-0.25, -0.2) is 0 Å². The van der Waals surface area contributed by atoms with Crippen molar-refractivity contribution >= 4 is 0 Å². The Bertz CT molecular complexity index is 83.0. The van der Waals surface area contributed by atoms with E-state index in [1.54, 1.807) is 0 Å². The van der Waals surface area contributed by atoms with Crippen molar-refractivity contribution in [1.29, 1.82) is 0 Å². The minimum atomic E-state index is 0.536. The molecule has 0 bridgehead atoms. The highest BCUT2D eigenvalue weighted by molar-refractivity contribution is 4.80. The van der Waals surface area contributed by atoms with E-state index in [-0.39, 0.29) is 0 Å². The maximum atomic E-state index is 5.40. The Labute approximate surface area is 57.0 Å². The summed E-state index contributed by atoms with van der Waals surface area (Å²) >= 11 is 0. The molecule has 0 unspecified atom stereocenters. The van der Waals surface area contributed by atoms with Gasteiger partial charge in [-0.3, -0.25) is 4.90 Å². The summed E-state index contributed by atoms with van der Waals surface area (Å²) in [4.78, 5) is 2.35. The first-order valence-electron chi connectivity index (χ1n) is 3.62. The van der Waals surface area contributed by atoms with Crippen LogP contribution in [-0.4, -0.2) is 30.6 Å². The molecule has 53 valence electrons. The molecule has 0 aliphatic carbocycles. The fraction of sp³-hybridized carbons (Fsp3) is 0.857. The average Bonchev–Trinajstić information content (AvgIpc) is 2.18. The predicted molar refractivity (Wildman–Crippen MR) is 39.0 cm³/mol. The Morgan fingerprint density at radius 3 is 2.89 bits per heavy atom. The van der Waals surface area contributed by atoms with Crippen LogP contribution in [0.4, 0.5) is 0 Å². The number of hydrogen-bond donors (Lipinski definition) is 1. The third-order valence-electron chi connectivity index (χ3n) is 1.92. The van der Waals surface area contributed by atoms with Crippen LogP contribution in [0.3, 0.4) is 0 Å². The van der Waals surface area contributed by atoms with Crippen molar-refractivity contribution in [3.63, 3.8) is 0 Å². The van der Waals surface area contributed by atoms with Crippen molar-refractivity contribution in [2.24, 2.45) is 5.73 Å². The van der Waals surface area contributed by atoms with E-state index < -0.39 is 0 Å². The van der Waals surface area contributed by atoms with Crippen LogP contribution in [0.5, 0.6) is 0 Å². The first-order valence-corrected chi connectivity index (χ1v) is 3.62. The molecule has 2 N–H and O–H groups in total. The van der Waals surface area contributed by atoms with Crippen molar-refractivity contribution in [1.82, 2.24) is 4.90 Å². The highest BCUT2D eigenvalue weighted by Gasteiger charge is 2.18. The zero-order valence-corrected chi connectivity index (χ0v) is 5.84. The largest absolute Gasteiger partial charge is 0.329 e. The minimum Gasteiger partial charge on any atom is -0.329 e. The average molecular weight is 127 g/mol. The maximum Gasteiger partial charge on any atom is 0.0108 e. The van der Waals surface area contributed by atoms with Crippen molar-refractivity contribution in [2.45, 2.75) is 18.9 Å². The van der Waals surface area contributed by atoms with E-state index in [1.807, 2.05) is 0 Å². The number of likely N-dealkylation sites (tertiary alicyclic amines) is 1. The van der Waals surface area contributed by atoms with Gasteiger partial charge in [0.05, 0.1) is 0 Å². The Morgan fingerprint density at radius 1 is 1.67 bits per heavy atom. The standard InChI is InChI=1S/C7H15N2/c1-7-3-2-5-9(7)6-4-8/h7H,1-6,8H2/t7-/m0/s1. The molecule has 1 saturated heterocycles. The Morgan fingerprint density at radius 2 is 2.44 bits per heavy atom. The Kier molecular flexibility index (Phi) is 2.49. The van der Waals surface area contributed by atoms with Crippen molar-refractivity contribution in [2.75, 3.05) is 19.6 Å². The lowest BCUT2D eigenvalue weighted by atomic mass is 10.2. The van der Waals surface area contributed by atoms with Crippen LogP contribution in [0.25, 0.3) is 0 Å². The fourth-order valence-corrected chi connectivity index (χ4v) is 1.36. The fourth-order valence-electron chi connectivity index (χ4n) is 1.36. The van der Waals surface area contributed by atoms with Crippen LogP contribution in [0.2, 0.25) is 0 Å². The first kappa shape index (κ1) is 7.03. The molecule has 1 rings (SSSR count). The summed E-state index contributed by atoms with van der Waals surface area (Å²) < 4.78 is 0. The quantitative estimate of drug-likeness (QED) is 0.576. The van der Waals surface area contributed by atoms with Gasteiger partial charge in [-0.1, -0.05) is 0 Å². The van der Waals surface area contributed by atoms with E-state index in [4.69, 9.17) is 5.73 Å². The van der Waals surface area contributed by atoms with Crippen LogP contribution in [0, 0.1) is 6.92 Å². The molecule has 1 heterocycles. The summed E-state index contributed by atoms with van der Waals surface area (Å²) in [6.07, 6.45) is 2.55. The monoisotopic (exact) mass is 127 g/mol. The SMILES string of the molecule is [CH2][C@H]1CCCN1CCN. The number of nitrogens with two attached hydrogens (primary N) is 1. The lowest BCUT2D eigenvalue weighted by Crippen LogP contribution is -2.32. The molecule has 0 spiro atoms. The van der Waals surface area contributed by atoms with Crippen LogP contribution in [0.15, 0.2) is 0 Å². The second kappa shape index (κ2) is 3.18. The summed E-state index contributed by atoms with van der Waals surface area (Å²) in [5, 5.41) is 0. The van der Waals surface area contributed by atoms with Crippen LogP contribution in [-0.2, 0) is 0 Å². The second-order valence-electron chi connectivity index (χ2n) is 2.62. The second-order valence-corrected chi connectivity index (χ2v) is 2.62. The van der Waals surface area contributed by atoms with Crippen LogP contribution < -0.4 is 5.73 Å². The van der Waals surface area contributed by atoms with Gasteiger partial charge in [-0.15, -0.1) is 0 Å². The molecule has 0 aromatic rings. The Balaban J connectivity index is 2.22. The smallest absolute Gasteiger partial charge is 0.0108 e. The third kappa shape index (κ3) is 1.66. The molecule has 1 radical (unpaired) electrons. The van der Waals surface area contributed by atoms with Gasteiger partial charge in [0.15, 0.2) is 0 Å². The minimum absolute atomic E-state index is 0.536. The zero-order chi connectivity index (χ0) is 6.69. The summed E-state index contributed by atoms with van der Waals surface area (Å²) in [7, 11) is 0. The van der Waals surface area contributed by atoms with Gasteiger partial charge in [0.1, 0.15) is 0 Å². The van der Waals surface area contributed by atoms with E-state index >= 15 is 0 Å². The Hall–Kier alpha value is -0.0800. The van der Waals surface area contributed by atoms with Gasteiger partial charge in [-0.2, -0.15) is 0 Å². The lowest BCUT2D eigenvalue weighted by molar-refractivity contribution is 0.296. The van der Waals surface area contributed by atoms with E-state index in [1.165, 1.54) is 19.4 Å². The normalized spacial score (nSPS) is 29.3. The van der Waals surface area contributed by atoms with Gasteiger partial charge in [0.25, 0.3) is 0 Å². The molecule has 2 heteroatoms. The molecule has 0 aromatic carbocycles. The van der Waals surface area contributed by atoms with Crippen LogP contribution >= 0.6 is 0 Å². The molecule has 9 heavy (non-hydrogen) atoms. The topological polar surface area (TPSA) is 29.3 Å². The van der Waals surface area contributed by atoms with Gasteiger partial charge in [0, 0.05) is 19.1 Å². The molecule has 1 atom stereocenters. The highest BCUT2D eigenvalue weighted by atomic mass is 15.2. The molecule has 0 aromatic heterocycles. The number of nitrogens with zero attached hydrogens (tertiary/aromatic N) is 1. The van der Waals surface area contributed by atoms with Gasteiger partial charge < -0.3 is 5.73 Å². The summed E-state index contributed by atoms with van der Waals surface area (Å²) in [5.74, 6) is 0. The van der Waals surface area contributed by atoms with Crippen molar-refractivity contribution < 1.29 is 0 Å². The lowest BCUT2D eigenvalue weighted by Gasteiger charge is -2.18. The predicted octanol–water partition coefficient (Wildman–Crippen LogP) is 0.244. The van der Waals surface area contributed by atoms with Gasteiger partial charge >= 0.3 is 0 Å². The molecule has 0 amide bonds. The number of rotatable bonds is 2. The first-order chi connectivity index (χ1) is 4.34. The number of hydrogen-bond acceptors (Lipinski definition) is 2. The van der Waals surface area contributed by atoms with E-state index in [0.29, 0.717) is 6.04 Å². The van der Waals surface area contributed by atoms with E-state index in [0.717, 1.165) is 13.1 Å². The van der Waals surface area contributed by atoms with Gasteiger partial charge in [0.2, 0.25) is 0 Å². The molecular weight excluding hydrogens is 112 g/mol. The maximum absolute atomic E-state index is 5.40. The summed E-state index contributed by atoms with van der Waals surface area (Å²) in [6.45, 7) is 7.00. The molecule has 1 aliphatic heterocycles. The highest BCUT2D eigenvalue weighted by Crippen LogP contribution is 2.14. The van der Waals surface area contributed by atoms with Crippen molar-refractivity contribution in [3.05, 3.63) is 6.92 Å². The molecule has 0 saturated carbocycles. The van der Waals surface area contributed by atoms with Crippen LogP contribution in [0.1, 0.15) is 12.8 Å². The van der Waals surface area contributed by atoms with Gasteiger partial charge in [-0.05, 0) is 26.3 Å². The van der Waals surface area contributed by atoms with E-state index in [9.17, 15) is 0 Å². The summed E-state index contributed by atoms with van der Waals surface area (Å²) in [5.41, 5.74) is 5.40. The molecule has 2 nitrogen and oxygen atoms in total.